The third-order valence-electron chi connectivity index (χ3n) is 3.79. The average molecular weight is 376 g/mol. The Morgan fingerprint density at radius 3 is 2.29 bits per heavy atom. The van der Waals surface area contributed by atoms with Gasteiger partial charge in [0.15, 0.2) is 0 Å². The minimum atomic E-state index is -0.942. The molecule has 0 radical (unpaired) electrons. The van der Waals surface area contributed by atoms with Crippen LogP contribution in [0.2, 0.25) is 0 Å². The number of amides is 1. The van der Waals surface area contributed by atoms with E-state index in [-0.39, 0.29) is 18.7 Å². The number of carboxylic acid groups (broad SMARTS) is 1. The van der Waals surface area contributed by atoms with Gasteiger partial charge in [0.1, 0.15) is 5.75 Å². The highest BCUT2D eigenvalue weighted by Crippen LogP contribution is 2.29. The van der Waals surface area contributed by atoms with E-state index in [4.69, 9.17) is 27.9 Å². The number of alkyl halides is 2. The van der Waals surface area contributed by atoms with Crippen LogP contribution in [-0.4, -0.2) is 53.8 Å². The number of hydrogen-bond donors (Lipinski definition) is 1. The molecule has 0 aliphatic rings. The van der Waals surface area contributed by atoms with Crippen molar-refractivity contribution < 1.29 is 19.4 Å². The largest absolute Gasteiger partial charge is 0.496 e. The number of halogens is 2. The predicted molar refractivity (Wildman–Crippen MR) is 95.4 cm³/mol. The third kappa shape index (κ3) is 6.21. The molecule has 0 aliphatic carbocycles. The molecular weight excluding hydrogens is 353 g/mol. The molecule has 0 saturated heterocycles. The van der Waals surface area contributed by atoms with Crippen LogP contribution >= 0.6 is 23.2 Å². The fourth-order valence-electron chi connectivity index (χ4n) is 2.58. The average Bonchev–Trinajstić information content (AvgIpc) is 2.53. The van der Waals surface area contributed by atoms with Crippen LogP contribution in [0.5, 0.6) is 5.75 Å². The first-order valence-corrected chi connectivity index (χ1v) is 8.75. The predicted octanol–water partition coefficient (Wildman–Crippen LogP) is 3.26. The zero-order valence-electron chi connectivity index (χ0n) is 13.9. The Balaban J connectivity index is 2.98. The van der Waals surface area contributed by atoms with E-state index in [0.717, 1.165) is 16.9 Å². The first-order chi connectivity index (χ1) is 11.4. The molecule has 24 heavy (non-hydrogen) atoms. The number of rotatable bonds is 10. The highest BCUT2D eigenvalue weighted by molar-refractivity contribution is 6.18. The second-order valence-corrected chi connectivity index (χ2v) is 6.24. The van der Waals surface area contributed by atoms with Crippen LogP contribution in [0.1, 0.15) is 29.9 Å². The first-order valence-electron chi connectivity index (χ1n) is 7.69. The van der Waals surface area contributed by atoms with Gasteiger partial charge in [-0.2, -0.15) is 0 Å². The summed E-state index contributed by atoms with van der Waals surface area (Å²) in [5.74, 6) is -0.141. The van der Waals surface area contributed by atoms with Crippen molar-refractivity contribution in [1.29, 1.82) is 0 Å². The lowest BCUT2D eigenvalue weighted by molar-refractivity contribution is -0.137. The van der Waals surface area contributed by atoms with Crippen molar-refractivity contribution in [3.8, 4) is 5.75 Å². The Bertz CT molecular complexity index is 560. The molecule has 0 aromatic heterocycles. The van der Waals surface area contributed by atoms with E-state index in [9.17, 15) is 14.7 Å². The van der Waals surface area contributed by atoms with Crippen LogP contribution < -0.4 is 4.74 Å². The molecule has 0 unspecified atom stereocenters. The van der Waals surface area contributed by atoms with Gasteiger partial charge in [-0.05, 0) is 24.1 Å². The Morgan fingerprint density at radius 2 is 1.83 bits per heavy atom. The molecule has 1 atom stereocenters. The summed E-state index contributed by atoms with van der Waals surface area (Å²) < 4.78 is 5.22. The number of ether oxygens (including phenoxy) is 1. The Labute approximate surface area is 152 Å². The van der Waals surface area contributed by atoms with Gasteiger partial charge >= 0.3 is 5.97 Å². The van der Waals surface area contributed by atoms with E-state index < -0.39 is 11.9 Å². The van der Waals surface area contributed by atoms with Gasteiger partial charge in [-0.3, -0.25) is 9.59 Å². The maximum Gasteiger partial charge on any atom is 0.303 e. The lowest BCUT2D eigenvalue weighted by Gasteiger charge is -2.24. The molecule has 0 aliphatic heterocycles. The summed E-state index contributed by atoms with van der Waals surface area (Å²) in [6.07, 6.45) is -0.0149. The van der Waals surface area contributed by atoms with E-state index >= 15 is 0 Å². The van der Waals surface area contributed by atoms with Crippen LogP contribution in [0.3, 0.4) is 0 Å². The SMILES string of the molecule is COc1ccc([C@H](CC(=O)O)CC(=O)N(CCCl)CCCl)cc1C. The molecule has 0 heterocycles. The molecule has 1 rings (SSSR count). The summed E-state index contributed by atoms with van der Waals surface area (Å²) in [4.78, 5) is 25.3. The van der Waals surface area contributed by atoms with E-state index in [1.807, 2.05) is 13.0 Å². The number of aliphatic carboxylic acids is 1. The molecule has 134 valence electrons. The third-order valence-corrected chi connectivity index (χ3v) is 4.13. The van der Waals surface area contributed by atoms with E-state index in [1.54, 1.807) is 24.1 Å². The minimum Gasteiger partial charge on any atom is -0.496 e. The molecule has 1 N–H and O–H groups in total. The smallest absolute Gasteiger partial charge is 0.303 e. The maximum absolute atomic E-state index is 12.5. The van der Waals surface area contributed by atoms with Crippen molar-refractivity contribution in [3.05, 3.63) is 29.3 Å². The molecule has 0 saturated carbocycles. The molecule has 0 spiro atoms. The topological polar surface area (TPSA) is 66.8 Å². The zero-order chi connectivity index (χ0) is 18.1. The second kappa shape index (κ2) is 10.4. The monoisotopic (exact) mass is 375 g/mol. The summed E-state index contributed by atoms with van der Waals surface area (Å²) in [7, 11) is 1.58. The molecule has 5 nitrogen and oxygen atoms in total. The van der Waals surface area contributed by atoms with Crippen LogP contribution in [0.15, 0.2) is 18.2 Å². The van der Waals surface area contributed by atoms with Gasteiger partial charge in [-0.25, -0.2) is 0 Å². The van der Waals surface area contributed by atoms with Gasteiger partial charge in [0.2, 0.25) is 5.91 Å². The Morgan fingerprint density at radius 1 is 1.21 bits per heavy atom. The summed E-state index contributed by atoms with van der Waals surface area (Å²) in [5.41, 5.74) is 1.71. The zero-order valence-corrected chi connectivity index (χ0v) is 15.4. The van der Waals surface area contributed by atoms with Crippen molar-refractivity contribution in [1.82, 2.24) is 4.90 Å². The van der Waals surface area contributed by atoms with Crippen molar-refractivity contribution in [2.75, 3.05) is 32.0 Å². The molecule has 7 heteroatoms. The van der Waals surface area contributed by atoms with Crippen molar-refractivity contribution in [2.45, 2.75) is 25.7 Å². The first kappa shape index (κ1) is 20.6. The summed E-state index contributed by atoms with van der Waals surface area (Å²) in [5, 5.41) is 9.18. The van der Waals surface area contributed by atoms with Crippen molar-refractivity contribution >= 4 is 35.1 Å². The van der Waals surface area contributed by atoms with Gasteiger partial charge in [0, 0.05) is 37.2 Å². The molecule has 1 amide bonds. The van der Waals surface area contributed by atoms with Crippen molar-refractivity contribution in [2.24, 2.45) is 0 Å². The lowest BCUT2D eigenvalue weighted by Crippen LogP contribution is -2.35. The number of aryl methyl sites for hydroxylation is 1. The number of nitrogens with zero attached hydrogens (tertiary/aromatic N) is 1. The van der Waals surface area contributed by atoms with Crippen LogP contribution in [0.25, 0.3) is 0 Å². The molecule has 1 aromatic carbocycles. The normalized spacial score (nSPS) is 11.8. The van der Waals surface area contributed by atoms with Gasteiger partial charge < -0.3 is 14.7 Å². The summed E-state index contributed by atoms with van der Waals surface area (Å²) >= 11 is 11.4. The number of hydrogen-bond acceptors (Lipinski definition) is 3. The Hall–Kier alpha value is -1.46. The number of methoxy groups -OCH3 is 1. The summed E-state index contributed by atoms with van der Waals surface area (Å²) in [6, 6.07) is 5.46. The van der Waals surface area contributed by atoms with Gasteiger partial charge in [0.25, 0.3) is 0 Å². The standard InChI is InChI=1S/C17H23Cl2NO4/c1-12-9-13(3-4-15(12)24-2)14(11-17(22)23)10-16(21)20(7-5-18)8-6-19/h3-4,9,14H,5-8,10-11H2,1-2H3,(H,22,23)/t14-/m0/s1. The highest BCUT2D eigenvalue weighted by atomic mass is 35.5. The van der Waals surface area contributed by atoms with Gasteiger partial charge in [0.05, 0.1) is 13.5 Å². The number of carboxylic acids is 1. The van der Waals surface area contributed by atoms with E-state index in [2.05, 4.69) is 0 Å². The number of benzene rings is 1. The highest BCUT2D eigenvalue weighted by Gasteiger charge is 2.23. The van der Waals surface area contributed by atoms with Crippen molar-refractivity contribution in [3.63, 3.8) is 0 Å². The quantitative estimate of drug-likeness (QED) is 0.637. The van der Waals surface area contributed by atoms with E-state index in [1.165, 1.54) is 0 Å². The Kier molecular flexibility index (Phi) is 8.93. The number of carbonyl (C=O) groups is 2. The second-order valence-electron chi connectivity index (χ2n) is 5.49. The molecule has 1 aromatic rings. The fraction of sp³-hybridized carbons (Fsp3) is 0.529. The minimum absolute atomic E-state index is 0.103. The fourth-order valence-corrected chi connectivity index (χ4v) is 2.99. The summed E-state index contributed by atoms with van der Waals surface area (Å²) in [6.45, 7) is 2.68. The van der Waals surface area contributed by atoms with Gasteiger partial charge in [-0.1, -0.05) is 12.1 Å². The van der Waals surface area contributed by atoms with Gasteiger partial charge in [-0.15, -0.1) is 23.2 Å². The molecular formula is C17H23Cl2NO4. The van der Waals surface area contributed by atoms with Crippen LogP contribution in [0.4, 0.5) is 0 Å². The number of carbonyl (C=O) groups excluding carboxylic acids is 1. The molecule has 0 fully saturated rings. The lowest BCUT2D eigenvalue weighted by atomic mass is 9.90. The molecule has 0 bridgehead atoms. The van der Waals surface area contributed by atoms with E-state index in [0.29, 0.717) is 24.8 Å². The maximum atomic E-state index is 12.5. The van der Waals surface area contributed by atoms with Crippen LogP contribution in [0, 0.1) is 6.92 Å². The van der Waals surface area contributed by atoms with Crippen LogP contribution in [-0.2, 0) is 9.59 Å².